The molecule has 7 heteroatoms. The van der Waals surface area contributed by atoms with Gasteiger partial charge in [0.15, 0.2) is 0 Å². The van der Waals surface area contributed by atoms with E-state index in [1.807, 2.05) is 0 Å². The molecule has 0 bridgehead atoms. The Bertz CT molecular complexity index is 651. The van der Waals surface area contributed by atoms with Gasteiger partial charge in [0.1, 0.15) is 5.69 Å². The van der Waals surface area contributed by atoms with Crippen molar-refractivity contribution in [2.75, 3.05) is 5.32 Å². The molecule has 2 rings (SSSR count). The summed E-state index contributed by atoms with van der Waals surface area (Å²) in [5.74, 6) is -1.46. The lowest BCUT2D eigenvalue weighted by Crippen LogP contribution is -2.13. The van der Waals surface area contributed by atoms with E-state index >= 15 is 0 Å². The third-order valence-corrected chi connectivity index (χ3v) is 3.08. The molecule has 0 atom stereocenters. The number of amides is 1. The Kier molecular flexibility index (Phi) is 3.66. The first kappa shape index (κ1) is 13.3. The number of carbonyl (C=O) groups excluding carboxylic acids is 1. The van der Waals surface area contributed by atoms with Gasteiger partial charge in [0.25, 0.3) is 5.91 Å². The highest BCUT2D eigenvalue weighted by molar-refractivity contribution is 9.10. The van der Waals surface area contributed by atoms with Crippen LogP contribution in [0.1, 0.15) is 20.8 Å². The number of anilines is 1. The normalized spacial score (nSPS) is 10.2. The van der Waals surface area contributed by atoms with Crippen LogP contribution in [0.5, 0.6) is 0 Å². The van der Waals surface area contributed by atoms with Gasteiger partial charge in [-0.2, -0.15) is 0 Å². The molecule has 1 aromatic heterocycles. The van der Waals surface area contributed by atoms with Gasteiger partial charge in [-0.3, -0.25) is 4.79 Å². The predicted octanol–water partition coefficient (Wildman–Crippen LogP) is 2.13. The summed E-state index contributed by atoms with van der Waals surface area (Å²) in [5.41, 5.74) is 0.748. The van der Waals surface area contributed by atoms with Gasteiger partial charge in [-0.05, 0) is 34.1 Å². The van der Waals surface area contributed by atoms with E-state index in [-0.39, 0.29) is 17.2 Å². The Morgan fingerprint density at radius 3 is 2.74 bits per heavy atom. The van der Waals surface area contributed by atoms with E-state index in [9.17, 15) is 9.59 Å². The maximum atomic E-state index is 11.8. The van der Waals surface area contributed by atoms with Gasteiger partial charge < -0.3 is 15.0 Å². The van der Waals surface area contributed by atoms with Crippen LogP contribution in [0.15, 0.2) is 35.2 Å². The molecule has 0 aliphatic heterocycles. The fourth-order valence-electron chi connectivity index (χ4n) is 1.49. The van der Waals surface area contributed by atoms with Crippen LogP contribution in [0.3, 0.4) is 0 Å². The maximum Gasteiger partial charge on any atom is 0.336 e. The van der Waals surface area contributed by atoms with E-state index in [4.69, 9.17) is 5.11 Å². The van der Waals surface area contributed by atoms with E-state index in [1.165, 1.54) is 12.4 Å². The lowest BCUT2D eigenvalue weighted by molar-refractivity contribution is 0.0695. The first-order valence-corrected chi connectivity index (χ1v) is 6.09. The van der Waals surface area contributed by atoms with Gasteiger partial charge >= 0.3 is 5.97 Å². The Balaban J connectivity index is 2.22. The van der Waals surface area contributed by atoms with Gasteiger partial charge in [0.05, 0.1) is 11.9 Å². The lowest BCUT2D eigenvalue weighted by atomic mass is 10.2. The van der Waals surface area contributed by atoms with Crippen molar-refractivity contribution in [1.82, 2.24) is 9.55 Å². The fraction of sp³-hybridized carbons (Fsp3) is 0.0833. The Morgan fingerprint density at radius 2 is 2.16 bits per heavy atom. The molecule has 6 nitrogen and oxygen atoms in total. The molecule has 0 unspecified atom stereocenters. The van der Waals surface area contributed by atoms with Crippen LogP contribution in [0.4, 0.5) is 5.69 Å². The van der Waals surface area contributed by atoms with Crippen LogP contribution in [0, 0.1) is 0 Å². The zero-order valence-corrected chi connectivity index (χ0v) is 11.5. The summed E-state index contributed by atoms with van der Waals surface area (Å²) in [6.45, 7) is 0. The molecule has 1 aromatic carbocycles. The summed E-state index contributed by atoms with van der Waals surface area (Å²) in [7, 11) is 1.76. The number of aromatic nitrogens is 2. The monoisotopic (exact) mass is 323 g/mol. The summed E-state index contributed by atoms with van der Waals surface area (Å²) in [4.78, 5) is 26.7. The number of benzene rings is 1. The zero-order chi connectivity index (χ0) is 14.0. The first-order valence-electron chi connectivity index (χ1n) is 5.29. The van der Waals surface area contributed by atoms with E-state index in [1.54, 1.807) is 29.9 Å². The van der Waals surface area contributed by atoms with Crippen molar-refractivity contribution in [2.45, 2.75) is 0 Å². The quantitative estimate of drug-likeness (QED) is 0.906. The fourth-order valence-corrected chi connectivity index (χ4v) is 1.91. The molecule has 0 radical (unpaired) electrons. The molecule has 1 amide bonds. The number of hydrogen-bond acceptors (Lipinski definition) is 3. The highest BCUT2D eigenvalue weighted by atomic mass is 79.9. The second-order valence-electron chi connectivity index (χ2n) is 3.88. The van der Waals surface area contributed by atoms with Crippen LogP contribution >= 0.6 is 15.9 Å². The second-order valence-corrected chi connectivity index (χ2v) is 4.73. The van der Waals surface area contributed by atoms with Crippen molar-refractivity contribution in [1.29, 1.82) is 0 Å². The molecule has 0 aliphatic rings. The Labute approximate surface area is 117 Å². The number of aryl methyl sites for hydroxylation is 1. The van der Waals surface area contributed by atoms with Crippen molar-refractivity contribution in [2.24, 2.45) is 7.05 Å². The number of halogens is 1. The number of nitrogens with one attached hydrogen (secondary N) is 1. The van der Waals surface area contributed by atoms with E-state index in [0.29, 0.717) is 10.2 Å². The summed E-state index contributed by atoms with van der Waals surface area (Å²) in [6.07, 6.45) is 3.09. The highest BCUT2D eigenvalue weighted by Gasteiger charge is 2.12. The van der Waals surface area contributed by atoms with Crippen molar-refractivity contribution in [3.8, 4) is 0 Å². The molecule has 1 heterocycles. The van der Waals surface area contributed by atoms with Crippen LogP contribution in [-0.4, -0.2) is 26.5 Å². The summed E-state index contributed by atoms with van der Waals surface area (Å²) in [5, 5.41) is 11.6. The summed E-state index contributed by atoms with van der Waals surface area (Å²) in [6, 6.07) is 4.56. The van der Waals surface area contributed by atoms with Gasteiger partial charge in [-0.1, -0.05) is 0 Å². The first-order chi connectivity index (χ1) is 8.97. The third-order valence-electron chi connectivity index (χ3n) is 2.39. The molecule has 0 saturated heterocycles. The maximum absolute atomic E-state index is 11.8. The molecular weight excluding hydrogens is 314 g/mol. The lowest BCUT2D eigenvalue weighted by Gasteiger charge is -2.05. The van der Waals surface area contributed by atoms with E-state index in [0.717, 1.165) is 0 Å². The number of carbonyl (C=O) groups is 2. The number of aromatic carboxylic acids is 1. The van der Waals surface area contributed by atoms with Gasteiger partial charge in [0.2, 0.25) is 0 Å². The minimum atomic E-state index is -1.07. The summed E-state index contributed by atoms with van der Waals surface area (Å²) >= 11 is 3.14. The number of rotatable bonds is 3. The molecule has 0 fully saturated rings. The number of carboxylic acid groups (broad SMARTS) is 1. The van der Waals surface area contributed by atoms with Crippen LogP contribution in [0.2, 0.25) is 0 Å². The van der Waals surface area contributed by atoms with Gasteiger partial charge in [0, 0.05) is 23.4 Å². The van der Waals surface area contributed by atoms with Gasteiger partial charge in [-0.15, -0.1) is 0 Å². The summed E-state index contributed by atoms with van der Waals surface area (Å²) < 4.78 is 2.11. The average molecular weight is 324 g/mol. The molecule has 0 aliphatic carbocycles. The molecule has 19 heavy (non-hydrogen) atoms. The predicted molar refractivity (Wildman–Crippen MR) is 72.3 cm³/mol. The molecule has 98 valence electrons. The highest BCUT2D eigenvalue weighted by Crippen LogP contribution is 2.21. The van der Waals surface area contributed by atoms with E-state index < -0.39 is 5.97 Å². The molecular formula is C12H10BrN3O3. The van der Waals surface area contributed by atoms with Crippen LogP contribution < -0.4 is 5.32 Å². The van der Waals surface area contributed by atoms with Crippen molar-refractivity contribution in [3.63, 3.8) is 0 Å². The second kappa shape index (κ2) is 5.23. The third kappa shape index (κ3) is 3.00. The number of carboxylic acids is 1. The smallest absolute Gasteiger partial charge is 0.336 e. The van der Waals surface area contributed by atoms with Crippen molar-refractivity contribution in [3.05, 3.63) is 46.5 Å². The van der Waals surface area contributed by atoms with Crippen LogP contribution in [-0.2, 0) is 7.05 Å². The Morgan fingerprint density at radius 1 is 1.42 bits per heavy atom. The van der Waals surface area contributed by atoms with Gasteiger partial charge in [-0.25, -0.2) is 9.78 Å². The number of nitrogens with zero attached hydrogens (tertiary/aromatic N) is 2. The molecule has 0 saturated carbocycles. The SMILES string of the molecule is Cn1cnc(C(=O)Nc2ccc(Br)c(C(=O)O)c2)c1. The topological polar surface area (TPSA) is 84.2 Å². The molecule has 2 aromatic rings. The average Bonchev–Trinajstić information content (AvgIpc) is 2.78. The minimum Gasteiger partial charge on any atom is -0.478 e. The van der Waals surface area contributed by atoms with Crippen molar-refractivity contribution < 1.29 is 14.7 Å². The number of imidazole rings is 1. The largest absolute Gasteiger partial charge is 0.478 e. The zero-order valence-electron chi connectivity index (χ0n) is 9.92. The van der Waals surface area contributed by atoms with Crippen LogP contribution in [0.25, 0.3) is 0 Å². The van der Waals surface area contributed by atoms with E-state index in [2.05, 4.69) is 26.2 Å². The minimum absolute atomic E-state index is 0.0822. The Hall–Kier alpha value is -2.15. The number of hydrogen-bond donors (Lipinski definition) is 2. The molecule has 2 N–H and O–H groups in total. The van der Waals surface area contributed by atoms with Crippen molar-refractivity contribution >= 4 is 33.5 Å². The molecule has 0 spiro atoms. The standard InChI is InChI=1S/C12H10BrN3O3/c1-16-5-10(14-6-16)11(17)15-7-2-3-9(13)8(4-7)12(18)19/h2-6H,1H3,(H,15,17)(H,18,19).